The normalized spacial score (nSPS) is 11.6. The number of benzene rings is 2. The largest absolute Gasteiger partial charge is 0.503 e. The van der Waals surface area contributed by atoms with E-state index in [1.54, 1.807) is 42.5 Å². The maximum absolute atomic E-state index is 13.5. The number of carbonyl (C=O) groups excluding carboxylic acids is 1. The van der Waals surface area contributed by atoms with Crippen LogP contribution in [-0.2, 0) is 27.1 Å². The van der Waals surface area contributed by atoms with Gasteiger partial charge in [-0.15, -0.1) is 0 Å². The highest BCUT2D eigenvalue weighted by molar-refractivity contribution is 6.16. The molecule has 0 spiro atoms. The van der Waals surface area contributed by atoms with Gasteiger partial charge in [0.15, 0.2) is 5.69 Å². The second kappa shape index (κ2) is 10.7. The first-order valence-electron chi connectivity index (χ1n) is 10.0. The molecule has 178 valence electrons. The smallest absolute Gasteiger partial charge is 0.433 e. The summed E-state index contributed by atoms with van der Waals surface area (Å²) in [5.41, 5.74) is 1.37. The summed E-state index contributed by atoms with van der Waals surface area (Å²) in [6.07, 6.45) is -3.48. The van der Waals surface area contributed by atoms with Gasteiger partial charge < -0.3 is 19.5 Å². The first kappa shape index (κ1) is 24.6. The zero-order chi connectivity index (χ0) is 24.7. The van der Waals surface area contributed by atoms with Gasteiger partial charge in [0.2, 0.25) is 11.8 Å². The number of esters is 1. The minimum absolute atomic E-state index is 0.129. The SMILES string of the molecule is CO/C=C(/C(=O)OC)c1ccccc1COc1cc(C(F)(F)F)nc(Nc2cccc(C)c2)n1. The van der Waals surface area contributed by atoms with Crippen LogP contribution in [-0.4, -0.2) is 30.2 Å². The molecule has 0 amide bonds. The number of halogens is 3. The van der Waals surface area contributed by atoms with E-state index in [4.69, 9.17) is 14.2 Å². The molecule has 1 N–H and O–H groups in total. The lowest BCUT2D eigenvalue weighted by atomic mass is 10.0. The number of ether oxygens (including phenoxy) is 3. The Hall–Kier alpha value is -4.08. The summed E-state index contributed by atoms with van der Waals surface area (Å²) in [4.78, 5) is 19.8. The molecule has 2 aromatic carbocycles. The molecule has 0 fully saturated rings. The lowest BCUT2D eigenvalue weighted by molar-refractivity contribution is -0.141. The van der Waals surface area contributed by atoms with Crippen LogP contribution < -0.4 is 10.1 Å². The molecular weight excluding hydrogens is 451 g/mol. The molecule has 0 saturated heterocycles. The number of nitrogens with zero attached hydrogens (tertiary/aromatic N) is 2. The average Bonchev–Trinajstić information content (AvgIpc) is 2.80. The number of alkyl halides is 3. The van der Waals surface area contributed by atoms with Gasteiger partial charge in [-0.05, 0) is 35.7 Å². The Labute approximate surface area is 194 Å². The monoisotopic (exact) mass is 473 g/mol. The lowest BCUT2D eigenvalue weighted by Gasteiger charge is -2.14. The second-order valence-corrected chi connectivity index (χ2v) is 7.11. The van der Waals surface area contributed by atoms with Crippen molar-refractivity contribution < 1.29 is 32.2 Å². The number of aryl methyl sites for hydroxylation is 1. The molecule has 1 heterocycles. The molecule has 0 aliphatic carbocycles. The number of rotatable bonds is 8. The van der Waals surface area contributed by atoms with E-state index in [9.17, 15) is 18.0 Å². The molecule has 3 rings (SSSR count). The Bertz CT molecular complexity index is 1200. The summed E-state index contributed by atoms with van der Waals surface area (Å²) in [5.74, 6) is -1.19. The van der Waals surface area contributed by atoms with Gasteiger partial charge in [0.1, 0.15) is 12.2 Å². The third-order valence-electron chi connectivity index (χ3n) is 4.59. The Kier molecular flexibility index (Phi) is 7.72. The van der Waals surface area contributed by atoms with Crippen LogP contribution in [0.5, 0.6) is 5.88 Å². The van der Waals surface area contributed by atoms with Gasteiger partial charge in [0.25, 0.3) is 0 Å². The number of hydrogen-bond donors (Lipinski definition) is 1. The third kappa shape index (κ3) is 6.25. The molecule has 34 heavy (non-hydrogen) atoms. The maximum Gasteiger partial charge on any atom is 0.433 e. The fourth-order valence-corrected chi connectivity index (χ4v) is 3.06. The number of nitrogens with one attached hydrogen (secondary N) is 1. The summed E-state index contributed by atoms with van der Waals surface area (Å²) in [5, 5.41) is 2.78. The van der Waals surface area contributed by atoms with Crippen molar-refractivity contribution in [3.63, 3.8) is 0 Å². The minimum atomic E-state index is -4.71. The van der Waals surface area contributed by atoms with Gasteiger partial charge in [-0.3, -0.25) is 0 Å². The molecule has 10 heteroatoms. The maximum atomic E-state index is 13.5. The molecule has 7 nitrogen and oxygen atoms in total. The Morgan fingerprint density at radius 3 is 2.50 bits per heavy atom. The lowest BCUT2D eigenvalue weighted by Crippen LogP contribution is -2.12. The van der Waals surface area contributed by atoms with Crippen molar-refractivity contribution in [2.75, 3.05) is 19.5 Å². The van der Waals surface area contributed by atoms with Crippen LogP contribution in [0.15, 0.2) is 60.9 Å². The van der Waals surface area contributed by atoms with E-state index in [-0.39, 0.29) is 24.0 Å². The highest BCUT2D eigenvalue weighted by atomic mass is 19.4. The van der Waals surface area contributed by atoms with Crippen LogP contribution in [0.4, 0.5) is 24.8 Å². The molecule has 0 saturated carbocycles. The molecule has 0 aliphatic rings. The van der Waals surface area contributed by atoms with Crippen LogP contribution in [0.25, 0.3) is 5.57 Å². The summed E-state index contributed by atoms with van der Waals surface area (Å²) < 4.78 is 55.7. The van der Waals surface area contributed by atoms with Gasteiger partial charge in [-0.1, -0.05) is 36.4 Å². The van der Waals surface area contributed by atoms with Crippen LogP contribution in [0.3, 0.4) is 0 Å². The zero-order valence-corrected chi connectivity index (χ0v) is 18.6. The van der Waals surface area contributed by atoms with Crippen molar-refractivity contribution in [1.82, 2.24) is 9.97 Å². The summed E-state index contributed by atoms with van der Waals surface area (Å²) >= 11 is 0. The fourth-order valence-electron chi connectivity index (χ4n) is 3.06. The quantitative estimate of drug-likeness (QED) is 0.271. The van der Waals surface area contributed by atoms with Crippen LogP contribution in [0.2, 0.25) is 0 Å². The van der Waals surface area contributed by atoms with Crippen LogP contribution >= 0.6 is 0 Å². The van der Waals surface area contributed by atoms with E-state index in [1.165, 1.54) is 20.5 Å². The molecule has 0 unspecified atom stereocenters. The van der Waals surface area contributed by atoms with Gasteiger partial charge in [-0.25, -0.2) is 9.78 Å². The van der Waals surface area contributed by atoms with E-state index < -0.39 is 17.8 Å². The molecule has 3 aromatic rings. The summed E-state index contributed by atoms with van der Waals surface area (Å²) in [6, 6.07) is 14.5. The number of aromatic nitrogens is 2. The van der Waals surface area contributed by atoms with Crippen molar-refractivity contribution >= 4 is 23.2 Å². The number of hydrogen-bond acceptors (Lipinski definition) is 7. The molecular formula is C24H22F3N3O4. The van der Waals surface area contributed by atoms with E-state index in [0.717, 1.165) is 11.6 Å². The van der Waals surface area contributed by atoms with Crippen molar-refractivity contribution in [2.24, 2.45) is 0 Å². The standard InChI is InChI=1S/C24H22F3N3O4/c1-15-7-6-9-17(11-15)28-23-29-20(24(25,26)27)12-21(30-23)34-13-16-8-4-5-10-18(16)19(14-32-2)22(31)33-3/h4-12,14H,13H2,1-3H3,(H,28,29,30)/b19-14+. The van der Waals surface area contributed by atoms with Gasteiger partial charge in [0.05, 0.1) is 20.5 Å². The van der Waals surface area contributed by atoms with Crippen LogP contribution in [0, 0.1) is 6.92 Å². The first-order chi connectivity index (χ1) is 16.2. The predicted octanol–water partition coefficient (Wildman–Crippen LogP) is 5.29. The summed E-state index contributed by atoms with van der Waals surface area (Å²) in [7, 11) is 2.61. The Morgan fingerprint density at radius 1 is 1.06 bits per heavy atom. The molecule has 0 radical (unpaired) electrons. The first-order valence-corrected chi connectivity index (χ1v) is 10.0. The van der Waals surface area contributed by atoms with E-state index in [1.807, 2.05) is 13.0 Å². The van der Waals surface area contributed by atoms with E-state index >= 15 is 0 Å². The van der Waals surface area contributed by atoms with Gasteiger partial charge in [-0.2, -0.15) is 18.2 Å². The molecule has 1 aromatic heterocycles. The Morgan fingerprint density at radius 2 is 1.82 bits per heavy atom. The number of methoxy groups -OCH3 is 2. The number of anilines is 2. The molecule has 0 atom stereocenters. The molecule has 0 bridgehead atoms. The minimum Gasteiger partial charge on any atom is -0.503 e. The van der Waals surface area contributed by atoms with E-state index in [0.29, 0.717) is 16.8 Å². The highest BCUT2D eigenvalue weighted by Crippen LogP contribution is 2.31. The van der Waals surface area contributed by atoms with E-state index in [2.05, 4.69) is 15.3 Å². The Balaban J connectivity index is 1.92. The van der Waals surface area contributed by atoms with Crippen molar-refractivity contribution in [3.8, 4) is 5.88 Å². The fraction of sp³-hybridized carbons (Fsp3) is 0.208. The highest BCUT2D eigenvalue weighted by Gasteiger charge is 2.34. The molecule has 0 aliphatic heterocycles. The van der Waals surface area contributed by atoms with Gasteiger partial charge >= 0.3 is 12.1 Å². The second-order valence-electron chi connectivity index (χ2n) is 7.11. The van der Waals surface area contributed by atoms with Crippen molar-refractivity contribution in [3.05, 3.63) is 83.2 Å². The zero-order valence-electron chi connectivity index (χ0n) is 18.6. The predicted molar refractivity (Wildman–Crippen MR) is 119 cm³/mol. The number of carbonyl (C=O) groups is 1. The van der Waals surface area contributed by atoms with Crippen LogP contribution in [0.1, 0.15) is 22.4 Å². The van der Waals surface area contributed by atoms with Gasteiger partial charge in [0, 0.05) is 11.8 Å². The summed E-state index contributed by atoms with van der Waals surface area (Å²) in [6.45, 7) is 1.68. The van der Waals surface area contributed by atoms with Crippen molar-refractivity contribution in [1.29, 1.82) is 0 Å². The average molecular weight is 473 g/mol. The topological polar surface area (TPSA) is 82.6 Å². The third-order valence-corrected chi connectivity index (χ3v) is 4.59. The van der Waals surface area contributed by atoms with Crippen molar-refractivity contribution in [2.45, 2.75) is 19.7 Å².